The number of hydrogen-bond acceptors (Lipinski definition) is 2. The molecule has 0 unspecified atom stereocenters. The Hall–Kier alpha value is -1.96. The molecule has 0 spiro atoms. The number of nitrogens with one attached hydrogen (secondary N) is 2. The maximum Gasteiger partial charge on any atom is 0.0410 e. The summed E-state index contributed by atoms with van der Waals surface area (Å²) in [4.78, 5) is 0. The van der Waals surface area contributed by atoms with Gasteiger partial charge in [-0.25, -0.2) is 0 Å². The Bertz CT molecular complexity index is 850. The van der Waals surface area contributed by atoms with E-state index in [0.29, 0.717) is 12.1 Å². The second-order valence-electron chi connectivity index (χ2n) is 11.7. The molecule has 2 aromatic rings. The Labute approximate surface area is 230 Å². The lowest BCUT2D eigenvalue weighted by Crippen LogP contribution is -2.16. The summed E-state index contributed by atoms with van der Waals surface area (Å²) in [6.45, 7) is 18.3. The first-order valence-electron chi connectivity index (χ1n) is 15.7. The lowest BCUT2D eigenvalue weighted by atomic mass is 9.87. The fourth-order valence-corrected chi connectivity index (χ4v) is 5.38. The van der Waals surface area contributed by atoms with Crippen LogP contribution in [0.25, 0.3) is 0 Å². The molecule has 0 aliphatic rings. The molecule has 0 fully saturated rings. The maximum absolute atomic E-state index is 3.89. The molecule has 0 aromatic heterocycles. The normalized spacial score (nSPS) is 11.5. The summed E-state index contributed by atoms with van der Waals surface area (Å²) in [6, 6.07) is 10.7. The molecule has 0 amide bonds. The van der Waals surface area contributed by atoms with Gasteiger partial charge in [-0.3, -0.25) is 0 Å². The largest absolute Gasteiger partial charge is 0.382 e. The fraction of sp³-hybridized carbons (Fsp3) is 0.657. The van der Waals surface area contributed by atoms with Crippen molar-refractivity contribution in [2.75, 3.05) is 10.6 Å². The predicted octanol–water partition coefficient (Wildman–Crippen LogP) is 10.3. The number of rotatable bonds is 18. The van der Waals surface area contributed by atoms with E-state index in [0.717, 1.165) is 19.3 Å². The maximum atomic E-state index is 3.89. The molecular formula is C35H58N2. The van der Waals surface area contributed by atoms with Crippen molar-refractivity contribution in [1.29, 1.82) is 0 Å². The topological polar surface area (TPSA) is 24.1 Å². The summed E-state index contributed by atoms with van der Waals surface area (Å²) in [5, 5.41) is 7.78. The van der Waals surface area contributed by atoms with Gasteiger partial charge in [0, 0.05) is 23.5 Å². The van der Waals surface area contributed by atoms with Crippen molar-refractivity contribution in [2.45, 2.75) is 151 Å². The van der Waals surface area contributed by atoms with Crippen LogP contribution in [0.15, 0.2) is 24.3 Å². The van der Waals surface area contributed by atoms with E-state index in [4.69, 9.17) is 0 Å². The van der Waals surface area contributed by atoms with Gasteiger partial charge < -0.3 is 10.6 Å². The minimum Gasteiger partial charge on any atom is -0.382 e. The van der Waals surface area contributed by atoms with Crippen molar-refractivity contribution >= 4 is 11.4 Å². The third kappa shape index (κ3) is 9.69. The summed E-state index contributed by atoms with van der Waals surface area (Å²) < 4.78 is 0. The number of unbranched alkanes of at least 4 members (excludes halogenated alkanes) is 4. The minimum atomic E-state index is 0.441. The Morgan fingerprint density at radius 3 is 1.14 bits per heavy atom. The number of hydrogen-bond donors (Lipinski definition) is 2. The molecule has 37 heavy (non-hydrogen) atoms. The van der Waals surface area contributed by atoms with Crippen molar-refractivity contribution < 1.29 is 0 Å². The molecular weight excluding hydrogens is 448 g/mol. The van der Waals surface area contributed by atoms with Crippen LogP contribution >= 0.6 is 0 Å². The first-order chi connectivity index (χ1) is 17.9. The molecule has 2 rings (SSSR count). The minimum absolute atomic E-state index is 0.441. The van der Waals surface area contributed by atoms with Crippen molar-refractivity contribution in [3.8, 4) is 0 Å². The van der Waals surface area contributed by atoms with Crippen LogP contribution in [0.1, 0.15) is 140 Å². The Kier molecular flexibility index (Phi) is 14.2. The predicted molar refractivity (Wildman–Crippen MR) is 168 cm³/mol. The average Bonchev–Trinajstić information content (AvgIpc) is 2.86. The molecule has 2 nitrogen and oxygen atoms in total. The zero-order valence-corrected chi connectivity index (χ0v) is 25.7. The lowest BCUT2D eigenvalue weighted by molar-refractivity contribution is 0.764. The van der Waals surface area contributed by atoms with E-state index in [9.17, 15) is 0 Å². The summed E-state index contributed by atoms with van der Waals surface area (Å²) in [5.74, 6) is 0. The van der Waals surface area contributed by atoms with Gasteiger partial charge in [0.1, 0.15) is 0 Å². The second-order valence-corrected chi connectivity index (χ2v) is 11.7. The third-order valence-corrected chi connectivity index (χ3v) is 7.40. The smallest absolute Gasteiger partial charge is 0.0410 e. The third-order valence-electron chi connectivity index (χ3n) is 7.40. The van der Waals surface area contributed by atoms with Gasteiger partial charge >= 0.3 is 0 Å². The molecule has 0 saturated carbocycles. The van der Waals surface area contributed by atoms with E-state index in [-0.39, 0.29) is 0 Å². The zero-order chi connectivity index (χ0) is 27.2. The average molecular weight is 507 g/mol. The van der Waals surface area contributed by atoms with Gasteiger partial charge in [-0.1, -0.05) is 77.6 Å². The van der Waals surface area contributed by atoms with Crippen molar-refractivity contribution in [1.82, 2.24) is 0 Å². The van der Waals surface area contributed by atoms with Gasteiger partial charge in [0.2, 0.25) is 0 Å². The molecule has 2 heteroatoms. The zero-order valence-electron chi connectivity index (χ0n) is 25.7. The van der Waals surface area contributed by atoms with Gasteiger partial charge in [0.25, 0.3) is 0 Å². The molecule has 0 aliphatic carbocycles. The number of benzene rings is 2. The van der Waals surface area contributed by atoms with E-state index in [1.165, 1.54) is 97.8 Å². The van der Waals surface area contributed by atoms with Crippen LogP contribution in [-0.4, -0.2) is 12.1 Å². The van der Waals surface area contributed by atoms with E-state index in [2.05, 4.69) is 90.3 Å². The molecule has 2 N–H and O–H groups in total. The van der Waals surface area contributed by atoms with Crippen LogP contribution < -0.4 is 10.6 Å². The van der Waals surface area contributed by atoms with E-state index < -0.39 is 0 Å². The Morgan fingerprint density at radius 1 is 0.486 bits per heavy atom. The van der Waals surface area contributed by atoms with E-state index >= 15 is 0 Å². The monoisotopic (exact) mass is 506 g/mol. The number of aryl methyl sites for hydroxylation is 2. The SMILES string of the molecule is CCCCc1ccc(Cc2ccc(CCCC)c(NC(C)C)c2CCCC)c(CCCC)c1NC(C)C. The van der Waals surface area contributed by atoms with Crippen LogP contribution in [-0.2, 0) is 32.1 Å². The van der Waals surface area contributed by atoms with Gasteiger partial charge in [0.15, 0.2) is 0 Å². The van der Waals surface area contributed by atoms with Gasteiger partial charge in [-0.15, -0.1) is 0 Å². The molecule has 0 heterocycles. The van der Waals surface area contributed by atoms with Gasteiger partial charge in [-0.2, -0.15) is 0 Å². The van der Waals surface area contributed by atoms with E-state index in [1.807, 2.05) is 0 Å². The van der Waals surface area contributed by atoms with Gasteiger partial charge in [0.05, 0.1) is 0 Å². The van der Waals surface area contributed by atoms with Crippen molar-refractivity contribution in [3.63, 3.8) is 0 Å². The standard InChI is InChI=1S/C35H58N2/c1-9-13-17-28-21-23-30(32(19-15-11-3)34(28)36-26(5)6)25-31-24-22-29(18-14-10-2)35(37-27(7)8)33(31)20-16-12-4/h21-24,26-27,36-37H,9-20,25H2,1-8H3. The highest BCUT2D eigenvalue weighted by Gasteiger charge is 2.18. The Morgan fingerprint density at radius 2 is 0.811 bits per heavy atom. The number of anilines is 2. The van der Waals surface area contributed by atoms with E-state index in [1.54, 1.807) is 11.1 Å². The van der Waals surface area contributed by atoms with Crippen LogP contribution in [0.3, 0.4) is 0 Å². The van der Waals surface area contributed by atoms with Crippen LogP contribution in [0.2, 0.25) is 0 Å². The highest BCUT2D eigenvalue weighted by atomic mass is 14.9. The van der Waals surface area contributed by atoms with Crippen molar-refractivity contribution in [3.05, 3.63) is 57.6 Å². The first kappa shape index (κ1) is 31.3. The Balaban J connectivity index is 2.64. The highest BCUT2D eigenvalue weighted by Crippen LogP contribution is 2.34. The molecule has 0 saturated heterocycles. The quantitative estimate of drug-likeness (QED) is 0.210. The molecule has 0 aliphatic heterocycles. The summed E-state index contributed by atoms with van der Waals surface area (Å²) in [6.07, 6.45) is 15.6. The summed E-state index contributed by atoms with van der Waals surface area (Å²) >= 11 is 0. The molecule has 0 bridgehead atoms. The molecule has 208 valence electrons. The van der Waals surface area contributed by atoms with Crippen molar-refractivity contribution in [2.24, 2.45) is 0 Å². The summed E-state index contributed by atoms with van der Waals surface area (Å²) in [7, 11) is 0. The van der Waals surface area contributed by atoms with Crippen LogP contribution in [0.5, 0.6) is 0 Å². The first-order valence-corrected chi connectivity index (χ1v) is 15.7. The fourth-order valence-electron chi connectivity index (χ4n) is 5.38. The second kappa shape index (κ2) is 16.8. The highest BCUT2D eigenvalue weighted by molar-refractivity contribution is 5.65. The van der Waals surface area contributed by atoms with Gasteiger partial charge in [-0.05, 0) is 119 Å². The lowest BCUT2D eigenvalue weighted by Gasteiger charge is -2.25. The molecule has 0 atom stereocenters. The summed E-state index contributed by atoms with van der Waals surface area (Å²) in [5.41, 5.74) is 12.1. The molecule has 0 radical (unpaired) electrons. The van der Waals surface area contributed by atoms with Crippen LogP contribution in [0.4, 0.5) is 11.4 Å². The van der Waals surface area contributed by atoms with Crippen LogP contribution in [0, 0.1) is 0 Å². The molecule has 2 aromatic carbocycles.